The fourth-order valence-corrected chi connectivity index (χ4v) is 1.62. The summed E-state index contributed by atoms with van der Waals surface area (Å²) in [5.41, 5.74) is 6.39. The Morgan fingerprint density at radius 1 is 1.12 bits per heavy atom. The third-order valence-electron chi connectivity index (χ3n) is 2.67. The molecule has 4 heteroatoms. The zero-order valence-corrected chi connectivity index (χ0v) is 11.0. The Hall–Kier alpha value is -1.19. The second-order valence-electron chi connectivity index (χ2n) is 4.20. The van der Waals surface area contributed by atoms with Gasteiger partial charge in [0.2, 0.25) is 0 Å². The molecule has 0 atom stereocenters. The number of hydrogen-bond acceptors (Lipinski definition) is 1. The molecule has 0 radical (unpaired) electrons. The zero-order chi connectivity index (χ0) is 13.8. The van der Waals surface area contributed by atoms with Crippen LogP contribution < -0.4 is 5.73 Å². The van der Waals surface area contributed by atoms with E-state index in [4.69, 9.17) is 5.73 Å². The van der Waals surface area contributed by atoms with Crippen LogP contribution in [-0.2, 0) is 0 Å². The molecule has 0 aromatic heterocycles. The van der Waals surface area contributed by atoms with Gasteiger partial charge >= 0.3 is 6.18 Å². The molecule has 0 aromatic carbocycles. The van der Waals surface area contributed by atoms with E-state index < -0.39 is 11.7 Å². The van der Waals surface area contributed by atoms with Crippen LogP contribution in [0.3, 0.4) is 0 Å². The molecule has 0 aromatic rings. The lowest BCUT2D eigenvalue weighted by Gasteiger charge is -2.17. The Morgan fingerprint density at radius 2 is 1.59 bits per heavy atom. The lowest BCUT2D eigenvalue weighted by atomic mass is 9.96. The molecule has 2 N–H and O–H groups in total. The van der Waals surface area contributed by atoms with Gasteiger partial charge in [-0.25, -0.2) is 0 Å². The third kappa shape index (κ3) is 4.67. The molecule has 0 unspecified atom stereocenters. The van der Waals surface area contributed by atoms with Gasteiger partial charge in [0, 0.05) is 5.70 Å². The van der Waals surface area contributed by atoms with Gasteiger partial charge < -0.3 is 5.73 Å². The maximum absolute atomic E-state index is 13.0. The first-order valence-electron chi connectivity index (χ1n) is 5.49. The van der Waals surface area contributed by atoms with Crippen LogP contribution in [0.15, 0.2) is 34.1 Å². The number of nitrogens with two attached hydrogens (primary N) is 1. The van der Waals surface area contributed by atoms with Gasteiger partial charge in [-0.3, -0.25) is 0 Å². The average molecular weight is 247 g/mol. The van der Waals surface area contributed by atoms with E-state index in [1.807, 2.05) is 6.92 Å². The average Bonchev–Trinajstić information content (AvgIpc) is 2.12. The Bertz CT molecular complexity index is 367. The number of alkyl halides is 3. The fourth-order valence-electron chi connectivity index (χ4n) is 1.62. The minimum absolute atomic E-state index is 0.155. The van der Waals surface area contributed by atoms with Gasteiger partial charge in [-0.05, 0) is 51.3 Å². The molecule has 0 aliphatic heterocycles. The van der Waals surface area contributed by atoms with E-state index in [0.717, 1.165) is 5.57 Å². The summed E-state index contributed by atoms with van der Waals surface area (Å²) >= 11 is 0. The van der Waals surface area contributed by atoms with Crippen molar-refractivity contribution >= 4 is 0 Å². The smallest absolute Gasteiger partial charge is 0.402 e. The van der Waals surface area contributed by atoms with Crippen molar-refractivity contribution in [2.45, 2.75) is 47.2 Å². The summed E-state index contributed by atoms with van der Waals surface area (Å²) in [6, 6.07) is 0. The monoisotopic (exact) mass is 247 g/mol. The predicted molar refractivity (Wildman–Crippen MR) is 65.4 cm³/mol. The van der Waals surface area contributed by atoms with Crippen LogP contribution in [0.2, 0.25) is 0 Å². The van der Waals surface area contributed by atoms with Crippen molar-refractivity contribution < 1.29 is 13.2 Å². The second kappa shape index (κ2) is 5.94. The highest BCUT2D eigenvalue weighted by molar-refractivity contribution is 5.43. The van der Waals surface area contributed by atoms with Crippen molar-refractivity contribution in [3.8, 4) is 0 Å². The summed E-state index contributed by atoms with van der Waals surface area (Å²) in [7, 11) is 0. The summed E-state index contributed by atoms with van der Waals surface area (Å²) in [6.45, 7) is 8.07. The first-order valence-corrected chi connectivity index (χ1v) is 5.49. The first-order chi connectivity index (χ1) is 7.61. The van der Waals surface area contributed by atoms with Crippen molar-refractivity contribution in [1.82, 2.24) is 0 Å². The molecule has 0 bridgehead atoms. The van der Waals surface area contributed by atoms with Gasteiger partial charge in [0.25, 0.3) is 0 Å². The summed E-state index contributed by atoms with van der Waals surface area (Å²) in [4.78, 5) is 0. The highest BCUT2D eigenvalue weighted by Crippen LogP contribution is 2.35. The molecular formula is C13H20F3N. The van der Waals surface area contributed by atoms with Crippen LogP contribution in [0.25, 0.3) is 0 Å². The van der Waals surface area contributed by atoms with Crippen molar-refractivity contribution in [3.63, 3.8) is 0 Å². The van der Waals surface area contributed by atoms with Crippen molar-refractivity contribution in [2.24, 2.45) is 5.73 Å². The molecule has 0 spiro atoms. The van der Waals surface area contributed by atoms with E-state index in [1.165, 1.54) is 19.9 Å². The highest BCUT2D eigenvalue weighted by Gasteiger charge is 2.36. The van der Waals surface area contributed by atoms with Gasteiger partial charge in [0.1, 0.15) is 0 Å². The number of allylic oxidation sites excluding steroid dienone is 6. The maximum atomic E-state index is 13.0. The molecule has 0 saturated carbocycles. The van der Waals surface area contributed by atoms with Gasteiger partial charge in [-0.15, -0.1) is 0 Å². The van der Waals surface area contributed by atoms with E-state index >= 15 is 0 Å². The highest BCUT2D eigenvalue weighted by atomic mass is 19.4. The van der Waals surface area contributed by atoms with E-state index in [0.29, 0.717) is 12.1 Å². The van der Waals surface area contributed by atoms with Gasteiger partial charge in [-0.1, -0.05) is 12.5 Å². The quantitative estimate of drug-likeness (QED) is 0.731. The molecule has 0 aliphatic rings. The molecule has 0 amide bonds. The third-order valence-corrected chi connectivity index (χ3v) is 2.67. The summed E-state index contributed by atoms with van der Waals surface area (Å²) < 4.78 is 39.0. The van der Waals surface area contributed by atoms with Gasteiger partial charge in [0.15, 0.2) is 0 Å². The maximum Gasteiger partial charge on any atom is 0.416 e. The fraction of sp³-hybridized carbons (Fsp3) is 0.538. The van der Waals surface area contributed by atoms with Gasteiger partial charge in [0.05, 0.1) is 5.57 Å². The van der Waals surface area contributed by atoms with Crippen LogP contribution in [0.5, 0.6) is 0 Å². The van der Waals surface area contributed by atoms with Crippen LogP contribution in [0.4, 0.5) is 13.2 Å². The largest absolute Gasteiger partial charge is 0.416 e. The zero-order valence-electron chi connectivity index (χ0n) is 11.0. The lowest BCUT2D eigenvalue weighted by Crippen LogP contribution is -2.16. The Balaban J connectivity index is 5.88. The standard InChI is InChI=1S/C13H20F3N/c1-6-8(2)11(5)12(13(14,15)16)9(3)7-10(4)17/h7H,6,17H2,1-5H3/b10-7+,11-8?,12-9+. The Kier molecular flexibility index (Phi) is 5.52. The minimum Gasteiger partial charge on any atom is -0.402 e. The molecule has 0 heterocycles. The SMILES string of the molecule is CCC(C)=C(C)/C(=C(C)\C=C(/C)N)C(F)(F)F. The number of rotatable bonds is 3. The molecule has 17 heavy (non-hydrogen) atoms. The molecular weight excluding hydrogens is 227 g/mol. The topological polar surface area (TPSA) is 26.0 Å². The first kappa shape index (κ1) is 15.8. The normalized spacial score (nSPS) is 16.6. The lowest BCUT2D eigenvalue weighted by molar-refractivity contribution is -0.0900. The number of halogens is 3. The van der Waals surface area contributed by atoms with E-state index in [2.05, 4.69) is 0 Å². The van der Waals surface area contributed by atoms with E-state index in [1.54, 1.807) is 13.8 Å². The Morgan fingerprint density at radius 3 is 1.88 bits per heavy atom. The van der Waals surface area contributed by atoms with Crippen molar-refractivity contribution in [2.75, 3.05) is 0 Å². The van der Waals surface area contributed by atoms with Crippen LogP contribution in [0, 0.1) is 0 Å². The Labute approximate surface area is 101 Å². The molecule has 98 valence electrons. The van der Waals surface area contributed by atoms with Crippen molar-refractivity contribution in [3.05, 3.63) is 34.1 Å². The molecule has 0 rings (SSSR count). The molecule has 0 fully saturated rings. The van der Waals surface area contributed by atoms with E-state index in [-0.39, 0.29) is 11.1 Å². The van der Waals surface area contributed by atoms with Crippen LogP contribution in [-0.4, -0.2) is 6.18 Å². The summed E-state index contributed by atoms with van der Waals surface area (Å²) in [5.74, 6) is 0. The minimum atomic E-state index is -4.35. The van der Waals surface area contributed by atoms with Gasteiger partial charge in [-0.2, -0.15) is 13.2 Å². The van der Waals surface area contributed by atoms with Crippen molar-refractivity contribution in [1.29, 1.82) is 0 Å². The number of hydrogen-bond donors (Lipinski definition) is 1. The summed E-state index contributed by atoms with van der Waals surface area (Å²) in [6.07, 6.45) is -2.39. The summed E-state index contributed by atoms with van der Waals surface area (Å²) in [5, 5.41) is 0. The predicted octanol–water partition coefficient (Wildman–Crippen LogP) is 4.47. The van der Waals surface area contributed by atoms with Crippen LogP contribution >= 0.6 is 0 Å². The molecule has 0 aliphatic carbocycles. The molecule has 1 nitrogen and oxygen atoms in total. The molecule has 0 saturated heterocycles. The van der Waals surface area contributed by atoms with E-state index in [9.17, 15) is 13.2 Å². The van der Waals surface area contributed by atoms with Crippen LogP contribution in [0.1, 0.15) is 41.0 Å². The second-order valence-corrected chi connectivity index (χ2v) is 4.20.